The van der Waals surface area contributed by atoms with E-state index in [0.29, 0.717) is 0 Å². The molecule has 2 aliphatic rings. The van der Waals surface area contributed by atoms with Crippen molar-refractivity contribution in [3.8, 4) is 77.9 Å². The Kier molecular flexibility index (Phi) is 9.47. The van der Waals surface area contributed by atoms with Gasteiger partial charge in [-0.05, 0) is 146 Å². The Morgan fingerprint density at radius 1 is 0.244 bits per heavy atom. The lowest BCUT2D eigenvalue weighted by atomic mass is 9.80. The second-order valence-corrected chi connectivity index (χ2v) is 22.7. The summed E-state index contributed by atoms with van der Waals surface area (Å²) in [6, 6.07) is 85.8. The molecular weight excluding hydrogens is 941 g/mol. The Morgan fingerprint density at radius 3 is 0.962 bits per heavy atom. The van der Waals surface area contributed by atoms with Crippen LogP contribution in [0.25, 0.3) is 143 Å². The maximum atomic E-state index is 5.14. The van der Waals surface area contributed by atoms with Crippen LogP contribution in [-0.4, -0.2) is 9.97 Å². The molecule has 0 unspecified atom stereocenters. The highest BCUT2D eigenvalue weighted by molar-refractivity contribution is 6.29. The minimum absolute atomic E-state index is 0.115. The van der Waals surface area contributed by atoms with Crippen molar-refractivity contribution in [1.29, 1.82) is 0 Å². The van der Waals surface area contributed by atoms with Crippen LogP contribution in [0.5, 0.6) is 0 Å². The van der Waals surface area contributed by atoms with Gasteiger partial charge in [0.1, 0.15) is 0 Å². The lowest BCUT2D eigenvalue weighted by Crippen LogP contribution is -2.14. The van der Waals surface area contributed by atoms with Crippen molar-refractivity contribution in [1.82, 2.24) is 9.97 Å². The zero-order valence-electron chi connectivity index (χ0n) is 44.0. The molecule has 0 bridgehead atoms. The molecule has 0 atom stereocenters. The second-order valence-electron chi connectivity index (χ2n) is 22.7. The molecule has 0 saturated heterocycles. The number of para-hydroxylation sites is 2. The van der Waals surface area contributed by atoms with Gasteiger partial charge in [0.2, 0.25) is 0 Å². The largest absolute Gasteiger partial charge is 0.256 e. The quantitative estimate of drug-likeness (QED) is 0.127. The first-order valence-corrected chi connectivity index (χ1v) is 27.4. The number of aromatic nitrogens is 2. The SMILES string of the molecule is CC1(C)c2ccccc2-c2ccc(-c3c4ccccc4c(-c4ccc(-c5ccc(-c6c7ccccc7c(-c7ccc8c(c7)C(C)(C)c7ccccc7-8)c7c6cnc6ccccc67)cc5)cc4)c4cnc5ccccc5c34)cc21. The molecule has 366 valence electrons. The first-order valence-electron chi connectivity index (χ1n) is 27.4. The molecule has 78 heavy (non-hydrogen) atoms. The van der Waals surface area contributed by atoms with E-state index in [1.54, 1.807) is 0 Å². The molecule has 0 N–H and O–H groups in total. The van der Waals surface area contributed by atoms with Gasteiger partial charge in [0.25, 0.3) is 0 Å². The van der Waals surface area contributed by atoms with Crippen LogP contribution in [0.15, 0.2) is 243 Å². The maximum Gasteiger partial charge on any atom is 0.0708 e. The van der Waals surface area contributed by atoms with Crippen molar-refractivity contribution in [2.75, 3.05) is 0 Å². The van der Waals surface area contributed by atoms with Crippen molar-refractivity contribution < 1.29 is 0 Å². The summed E-state index contributed by atoms with van der Waals surface area (Å²) in [5.41, 5.74) is 24.7. The predicted octanol–water partition coefficient (Wildman–Crippen LogP) is 20.3. The van der Waals surface area contributed by atoms with Crippen LogP contribution in [0.4, 0.5) is 0 Å². The van der Waals surface area contributed by atoms with E-state index in [1.807, 2.05) is 0 Å². The number of fused-ring (bicyclic) bond motifs is 14. The molecule has 0 saturated carbocycles. The molecule has 16 rings (SSSR count). The molecule has 0 amide bonds. The van der Waals surface area contributed by atoms with E-state index in [0.717, 1.165) is 32.6 Å². The van der Waals surface area contributed by atoms with E-state index < -0.39 is 0 Å². The highest BCUT2D eigenvalue weighted by atomic mass is 14.7. The average molecular weight is 993 g/mol. The van der Waals surface area contributed by atoms with Crippen LogP contribution in [0, 0.1) is 0 Å². The van der Waals surface area contributed by atoms with Crippen LogP contribution in [0.1, 0.15) is 49.9 Å². The fraction of sp³-hybridized carbons (Fsp3) is 0.0789. The number of benzene rings is 12. The molecule has 0 aliphatic heterocycles. The second kappa shape index (κ2) is 16.5. The highest BCUT2D eigenvalue weighted by Gasteiger charge is 2.37. The lowest BCUT2D eigenvalue weighted by Gasteiger charge is -2.23. The number of hydrogen-bond donors (Lipinski definition) is 0. The zero-order valence-corrected chi connectivity index (χ0v) is 44.0. The standard InChI is InChI=1S/C76H52N2/c1-75(2)63-25-13-9-17-51(63)53-39-37-49(41-65(53)75)71-57-21-7-5-19-55(57)69(61-43-77-67-27-15-11-23-59(67)73(61)71)47-33-29-45(30-34-47)46-31-35-48(36-32-46)70-56-20-6-8-22-58(56)72(74-60-24-12-16-28-68(60)78-44-62(70)74)50-38-40-54-52-18-10-14-26-64(52)76(3,4)66(54)42-50/h5-44H,1-4H3. The van der Waals surface area contributed by atoms with E-state index in [-0.39, 0.29) is 10.8 Å². The van der Waals surface area contributed by atoms with Crippen molar-refractivity contribution >= 4 is 64.9 Å². The Bertz CT molecular complexity index is 4570. The van der Waals surface area contributed by atoms with Gasteiger partial charge in [-0.2, -0.15) is 0 Å². The van der Waals surface area contributed by atoms with E-state index in [9.17, 15) is 0 Å². The molecule has 2 aromatic heterocycles. The van der Waals surface area contributed by atoms with E-state index >= 15 is 0 Å². The third kappa shape index (κ3) is 6.32. The van der Waals surface area contributed by atoms with E-state index in [1.165, 1.54) is 132 Å². The van der Waals surface area contributed by atoms with Crippen LogP contribution in [-0.2, 0) is 10.8 Å². The van der Waals surface area contributed by atoms with Gasteiger partial charge in [0.15, 0.2) is 0 Å². The smallest absolute Gasteiger partial charge is 0.0708 e. The summed E-state index contributed by atoms with van der Waals surface area (Å²) in [5, 5.41) is 12.0. The average Bonchev–Trinajstić information content (AvgIpc) is 3.79. The third-order valence-corrected chi connectivity index (χ3v) is 17.9. The van der Waals surface area contributed by atoms with Crippen LogP contribution in [0.2, 0.25) is 0 Å². The molecule has 2 aliphatic carbocycles. The maximum absolute atomic E-state index is 5.14. The molecule has 14 aromatic rings. The lowest BCUT2D eigenvalue weighted by molar-refractivity contribution is 0.660. The van der Waals surface area contributed by atoms with Gasteiger partial charge in [-0.25, -0.2) is 0 Å². The summed E-state index contributed by atoms with van der Waals surface area (Å²) >= 11 is 0. The molecule has 0 spiro atoms. The summed E-state index contributed by atoms with van der Waals surface area (Å²) in [7, 11) is 0. The Morgan fingerprint density at radius 2 is 0.551 bits per heavy atom. The molecule has 2 heterocycles. The van der Waals surface area contributed by atoms with Gasteiger partial charge >= 0.3 is 0 Å². The minimum atomic E-state index is -0.115. The Hall–Kier alpha value is -9.50. The zero-order chi connectivity index (χ0) is 52.0. The fourth-order valence-corrected chi connectivity index (χ4v) is 14.2. The van der Waals surface area contributed by atoms with Crippen LogP contribution >= 0.6 is 0 Å². The monoisotopic (exact) mass is 992 g/mol. The molecule has 0 fully saturated rings. The van der Waals surface area contributed by atoms with Crippen molar-refractivity contribution in [3.63, 3.8) is 0 Å². The first-order chi connectivity index (χ1) is 38.2. The van der Waals surface area contributed by atoms with E-state index in [2.05, 4.69) is 271 Å². The summed E-state index contributed by atoms with van der Waals surface area (Å²) < 4.78 is 0. The van der Waals surface area contributed by atoms with Gasteiger partial charge in [-0.3, -0.25) is 9.97 Å². The Balaban J connectivity index is 0.821. The topological polar surface area (TPSA) is 25.8 Å². The van der Waals surface area contributed by atoms with Crippen LogP contribution < -0.4 is 0 Å². The predicted molar refractivity (Wildman–Crippen MR) is 329 cm³/mol. The van der Waals surface area contributed by atoms with E-state index in [4.69, 9.17) is 9.97 Å². The third-order valence-electron chi connectivity index (χ3n) is 17.9. The number of pyridine rings is 2. The van der Waals surface area contributed by atoms with Gasteiger partial charge < -0.3 is 0 Å². The minimum Gasteiger partial charge on any atom is -0.256 e. The van der Waals surface area contributed by atoms with Crippen LogP contribution in [0.3, 0.4) is 0 Å². The fourth-order valence-electron chi connectivity index (χ4n) is 14.2. The normalized spacial score (nSPS) is 13.8. The van der Waals surface area contributed by atoms with Crippen molar-refractivity contribution in [3.05, 3.63) is 265 Å². The summed E-state index contributed by atoms with van der Waals surface area (Å²) in [6.07, 6.45) is 4.24. The number of rotatable bonds is 5. The number of nitrogens with zero attached hydrogens (tertiary/aromatic N) is 2. The molecule has 0 radical (unpaired) electrons. The first kappa shape index (κ1) is 44.8. The highest BCUT2D eigenvalue weighted by Crippen LogP contribution is 2.54. The molecule has 2 nitrogen and oxygen atoms in total. The summed E-state index contributed by atoms with van der Waals surface area (Å²) in [5.74, 6) is 0. The molecule has 12 aromatic carbocycles. The number of hydrogen-bond acceptors (Lipinski definition) is 2. The van der Waals surface area contributed by atoms with Gasteiger partial charge in [-0.1, -0.05) is 234 Å². The van der Waals surface area contributed by atoms with Gasteiger partial charge in [0, 0.05) is 55.5 Å². The van der Waals surface area contributed by atoms with Crippen molar-refractivity contribution in [2.24, 2.45) is 0 Å². The van der Waals surface area contributed by atoms with Gasteiger partial charge in [-0.15, -0.1) is 0 Å². The summed E-state index contributed by atoms with van der Waals surface area (Å²) in [4.78, 5) is 10.3. The van der Waals surface area contributed by atoms with Crippen molar-refractivity contribution in [2.45, 2.75) is 38.5 Å². The van der Waals surface area contributed by atoms with Gasteiger partial charge in [0.05, 0.1) is 11.0 Å². The molecular formula is C76H52N2. The summed E-state index contributed by atoms with van der Waals surface area (Å²) in [6.45, 7) is 9.48. The Labute approximate surface area is 454 Å². The molecule has 2 heteroatoms.